The zero-order valence-electron chi connectivity index (χ0n) is 9.99. The summed E-state index contributed by atoms with van der Waals surface area (Å²) in [7, 11) is 0. The van der Waals surface area contributed by atoms with Gasteiger partial charge in [-0.05, 0) is 49.4 Å². The standard InChI is InChI=1S/C14H19NO/c1-9-4-3-5-12(9)14(16)11-6-7-13(15)10(2)8-11/h6-9,12H,3-5,15H2,1-2H3. The van der Waals surface area contributed by atoms with Gasteiger partial charge in [0.2, 0.25) is 0 Å². The molecule has 16 heavy (non-hydrogen) atoms. The Morgan fingerprint density at radius 2 is 2.12 bits per heavy atom. The van der Waals surface area contributed by atoms with Crippen LogP contribution in [-0.2, 0) is 0 Å². The SMILES string of the molecule is Cc1cc(C(=O)C2CCCC2C)ccc1N. The van der Waals surface area contributed by atoms with Crippen molar-refractivity contribution in [1.82, 2.24) is 0 Å². The zero-order valence-corrected chi connectivity index (χ0v) is 9.99. The van der Waals surface area contributed by atoms with Crippen LogP contribution in [0.5, 0.6) is 0 Å². The third-order valence-corrected chi connectivity index (χ3v) is 3.75. The number of carbonyl (C=O) groups excluding carboxylic acids is 1. The molecule has 2 unspecified atom stereocenters. The highest BCUT2D eigenvalue weighted by atomic mass is 16.1. The molecule has 1 aromatic rings. The van der Waals surface area contributed by atoms with Crippen LogP contribution in [0.4, 0.5) is 5.69 Å². The van der Waals surface area contributed by atoms with Crippen LogP contribution >= 0.6 is 0 Å². The Bertz CT molecular complexity index is 411. The van der Waals surface area contributed by atoms with Gasteiger partial charge in [-0.15, -0.1) is 0 Å². The smallest absolute Gasteiger partial charge is 0.166 e. The van der Waals surface area contributed by atoms with Gasteiger partial charge in [-0.3, -0.25) is 4.79 Å². The van der Waals surface area contributed by atoms with Crippen LogP contribution in [0, 0.1) is 18.8 Å². The van der Waals surface area contributed by atoms with Crippen molar-refractivity contribution in [2.45, 2.75) is 33.1 Å². The summed E-state index contributed by atoms with van der Waals surface area (Å²) in [5, 5.41) is 0. The lowest BCUT2D eigenvalue weighted by atomic mass is 9.89. The minimum atomic E-state index is 0.225. The molecule has 1 fully saturated rings. The van der Waals surface area contributed by atoms with E-state index in [0.29, 0.717) is 11.7 Å². The van der Waals surface area contributed by atoms with E-state index in [1.165, 1.54) is 12.8 Å². The second-order valence-corrected chi connectivity index (χ2v) is 4.95. The number of hydrogen-bond donors (Lipinski definition) is 1. The van der Waals surface area contributed by atoms with Crippen molar-refractivity contribution in [3.63, 3.8) is 0 Å². The van der Waals surface area contributed by atoms with Crippen LogP contribution in [0.3, 0.4) is 0 Å². The van der Waals surface area contributed by atoms with Crippen molar-refractivity contribution in [2.75, 3.05) is 5.73 Å². The van der Waals surface area contributed by atoms with Crippen molar-refractivity contribution < 1.29 is 4.79 Å². The molecule has 2 atom stereocenters. The van der Waals surface area contributed by atoms with Gasteiger partial charge in [-0.1, -0.05) is 13.3 Å². The summed E-state index contributed by atoms with van der Waals surface area (Å²) in [6.45, 7) is 4.13. The molecule has 1 aliphatic carbocycles. The van der Waals surface area contributed by atoms with Crippen molar-refractivity contribution >= 4 is 11.5 Å². The highest BCUT2D eigenvalue weighted by Gasteiger charge is 2.30. The van der Waals surface area contributed by atoms with E-state index in [-0.39, 0.29) is 5.92 Å². The van der Waals surface area contributed by atoms with Crippen molar-refractivity contribution in [3.05, 3.63) is 29.3 Å². The van der Waals surface area contributed by atoms with Gasteiger partial charge in [0, 0.05) is 17.2 Å². The monoisotopic (exact) mass is 217 g/mol. The molecule has 2 N–H and O–H groups in total. The predicted octanol–water partition coefficient (Wildman–Crippen LogP) is 3.20. The normalized spacial score (nSPS) is 24.6. The van der Waals surface area contributed by atoms with E-state index in [1.54, 1.807) is 0 Å². The number of carbonyl (C=O) groups is 1. The lowest BCUT2D eigenvalue weighted by Gasteiger charge is -2.14. The number of Topliss-reactive ketones (excluding diaryl/α,β-unsaturated/α-hetero) is 1. The zero-order chi connectivity index (χ0) is 11.7. The summed E-state index contributed by atoms with van der Waals surface area (Å²) in [4.78, 5) is 12.3. The van der Waals surface area contributed by atoms with Gasteiger partial charge >= 0.3 is 0 Å². The number of nitrogens with two attached hydrogens (primary N) is 1. The lowest BCUT2D eigenvalue weighted by Crippen LogP contribution is -2.17. The Balaban J connectivity index is 2.23. The number of anilines is 1. The van der Waals surface area contributed by atoms with Crippen molar-refractivity contribution in [1.29, 1.82) is 0 Å². The first kappa shape index (κ1) is 11.2. The van der Waals surface area contributed by atoms with Gasteiger partial charge < -0.3 is 5.73 Å². The summed E-state index contributed by atoms with van der Waals surface area (Å²) in [5.74, 6) is 1.06. The first-order valence-electron chi connectivity index (χ1n) is 6.00. The molecule has 0 amide bonds. The maximum Gasteiger partial charge on any atom is 0.166 e. The van der Waals surface area contributed by atoms with Crippen LogP contribution in [0.2, 0.25) is 0 Å². The van der Waals surface area contributed by atoms with Crippen LogP contribution < -0.4 is 5.73 Å². The molecule has 86 valence electrons. The topological polar surface area (TPSA) is 43.1 Å². The van der Waals surface area contributed by atoms with Crippen LogP contribution in [0.25, 0.3) is 0 Å². The van der Waals surface area contributed by atoms with E-state index in [1.807, 2.05) is 25.1 Å². The summed E-state index contributed by atoms with van der Waals surface area (Å²) >= 11 is 0. The van der Waals surface area contributed by atoms with Crippen molar-refractivity contribution in [2.24, 2.45) is 11.8 Å². The molecule has 2 heteroatoms. The Morgan fingerprint density at radius 1 is 1.38 bits per heavy atom. The highest BCUT2D eigenvalue weighted by molar-refractivity contribution is 5.98. The molecule has 0 radical (unpaired) electrons. The van der Waals surface area contributed by atoms with Gasteiger partial charge in [0.05, 0.1) is 0 Å². The van der Waals surface area contributed by atoms with Crippen LogP contribution in [0.1, 0.15) is 42.1 Å². The molecule has 1 aromatic carbocycles. The Labute approximate surface area is 96.8 Å². The molecular weight excluding hydrogens is 198 g/mol. The third kappa shape index (κ3) is 1.97. The molecule has 2 rings (SSSR count). The Hall–Kier alpha value is -1.31. The molecule has 0 spiro atoms. The van der Waals surface area contributed by atoms with E-state index in [9.17, 15) is 4.79 Å². The van der Waals surface area contributed by atoms with E-state index < -0.39 is 0 Å². The lowest BCUT2D eigenvalue weighted by molar-refractivity contribution is 0.0897. The van der Waals surface area contributed by atoms with Gasteiger partial charge in [-0.2, -0.15) is 0 Å². The largest absolute Gasteiger partial charge is 0.399 e. The molecule has 0 bridgehead atoms. The summed E-state index contributed by atoms with van der Waals surface area (Å²) in [6, 6.07) is 5.61. The first-order valence-corrected chi connectivity index (χ1v) is 6.00. The van der Waals surface area contributed by atoms with Crippen LogP contribution in [-0.4, -0.2) is 5.78 Å². The summed E-state index contributed by atoms with van der Waals surface area (Å²) in [5.41, 5.74) is 8.34. The Kier molecular flexibility index (Phi) is 2.99. The fourth-order valence-corrected chi connectivity index (χ4v) is 2.58. The molecule has 0 saturated heterocycles. The second kappa shape index (κ2) is 4.28. The fraction of sp³-hybridized carbons (Fsp3) is 0.500. The molecule has 0 heterocycles. The Morgan fingerprint density at radius 3 is 2.69 bits per heavy atom. The maximum atomic E-state index is 12.3. The van der Waals surface area contributed by atoms with Gasteiger partial charge in [-0.25, -0.2) is 0 Å². The number of aryl methyl sites for hydroxylation is 1. The second-order valence-electron chi connectivity index (χ2n) is 4.95. The van der Waals surface area contributed by atoms with E-state index in [0.717, 1.165) is 23.2 Å². The molecule has 2 nitrogen and oxygen atoms in total. The number of nitrogen functional groups attached to an aromatic ring is 1. The molecular formula is C14H19NO. The summed E-state index contributed by atoms with van der Waals surface area (Å²) in [6.07, 6.45) is 3.42. The third-order valence-electron chi connectivity index (χ3n) is 3.75. The minimum absolute atomic E-state index is 0.225. The van der Waals surface area contributed by atoms with Crippen molar-refractivity contribution in [3.8, 4) is 0 Å². The molecule has 1 aliphatic rings. The fourth-order valence-electron chi connectivity index (χ4n) is 2.58. The van der Waals surface area contributed by atoms with Crippen LogP contribution in [0.15, 0.2) is 18.2 Å². The average molecular weight is 217 g/mol. The predicted molar refractivity (Wildman–Crippen MR) is 66.4 cm³/mol. The molecule has 0 aliphatic heterocycles. The average Bonchev–Trinajstić information content (AvgIpc) is 2.67. The minimum Gasteiger partial charge on any atom is -0.399 e. The first-order chi connectivity index (χ1) is 7.59. The van der Waals surface area contributed by atoms with E-state index in [4.69, 9.17) is 5.73 Å². The quantitative estimate of drug-likeness (QED) is 0.610. The molecule has 1 saturated carbocycles. The number of hydrogen-bond acceptors (Lipinski definition) is 2. The van der Waals surface area contributed by atoms with Gasteiger partial charge in [0.1, 0.15) is 0 Å². The van der Waals surface area contributed by atoms with Gasteiger partial charge in [0.25, 0.3) is 0 Å². The van der Waals surface area contributed by atoms with E-state index in [2.05, 4.69) is 6.92 Å². The number of rotatable bonds is 2. The molecule has 0 aromatic heterocycles. The van der Waals surface area contributed by atoms with Gasteiger partial charge in [0.15, 0.2) is 5.78 Å². The van der Waals surface area contributed by atoms with E-state index >= 15 is 0 Å². The number of ketones is 1. The maximum absolute atomic E-state index is 12.3. The summed E-state index contributed by atoms with van der Waals surface area (Å²) < 4.78 is 0. The number of benzene rings is 1. The highest BCUT2D eigenvalue weighted by Crippen LogP contribution is 2.34.